The molecule has 0 aliphatic heterocycles. The van der Waals surface area contributed by atoms with E-state index >= 15 is 0 Å². The van der Waals surface area contributed by atoms with Crippen LogP contribution in [0.25, 0.3) is 44.6 Å². The van der Waals surface area contributed by atoms with E-state index in [-0.39, 0.29) is 15.2 Å². The van der Waals surface area contributed by atoms with Crippen molar-refractivity contribution in [1.29, 1.82) is 5.26 Å². The third-order valence-corrected chi connectivity index (χ3v) is 10.7. The minimum Gasteiger partial charge on any atom is -0.307 e. The molecule has 0 N–H and O–H groups in total. The molecule has 212 valence electrons. The molecule has 1 aliphatic rings. The molecule has 0 spiro atoms. The zero-order chi connectivity index (χ0) is 30.2. The Morgan fingerprint density at radius 2 is 1.00 bits per heavy atom. The van der Waals surface area contributed by atoms with Gasteiger partial charge in [0.15, 0.2) is 0 Å². The molecule has 5 nitrogen and oxygen atoms in total. The van der Waals surface area contributed by atoms with Gasteiger partial charge in [-0.15, -0.1) is 0 Å². The molecule has 0 amide bonds. The molecule has 5 aromatic carbocycles. The van der Waals surface area contributed by atoms with Gasteiger partial charge < -0.3 is 9.13 Å². The molecule has 2 heterocycles. The van der Waals surface area contributed by atoms with E-state index in [1.165, 1.54) is 46.2 Å². The fourth-order valence-corrected chi connectivity index (χ4v) is 8.31. The van der Waals surface area contributed by atoms with Crippen LogP contribution in [0.2, 0.25) is 0 Å². The fraction of sp³-hybridized carbons (Fsp3) is 0.0789. The van der Waals surface area contributed by atoms with Gasteiger partial charge in [0.25, 0.3) is 0 Å². The number of rotatable bonds is 4. The lowest BCUT2D eigenvalue weighted by atomic mass is 9.81. The van der Waals surface area contributed by atoms with Gasteiger partial charge in [0.2, 0.25) is 9.84 Å². The Balaban J connectivity index is 1.40. The third-order valence-electron chi connectivity index (χ3n) is 8.94. The lowest BCUT2D eigenvalue weighted by Gasteiger charge is -2.20. The van der Waals surface area contributed by atoms with Gasteiger partial charge in [-0.05, 0) is 83.9 Å². The zero-order valence-electron chi connectivity index (χ0n) is 24.2. The van der Waals surface area contributed by atoms with E-state index in [4.69, 9.17) is 5.26 Å². The highest BCUT2D eigenvalue weighted by molar-refractivity contribution is 7.91. The standard InChI is InChI=1S/C38H27N3O2S/c1-38(2)34-30-12-6-8-14-32(30)40(26-10-4-3-5-11-26)36(34)37-35(38)31-13-7-9-15-33(31)41(37)27-18-22-29(23-19-27)44(42,43)28-20-16-25(24-39)17-21-28/h3-23H,1-2H3. The smallest absolute Gasteiger partial charge is 0.206 e. The molecule has 6 heteroatoms. The number of benzene rings is 5. The summed E-state index contributed by atoms with van der Waals surface area (Å²) in [5.41, 5.74) is 9.17. The van der Waals surface area contributed by atoms with Crippen LogP contribution < -0.4 is 0 Å². The molecule has 1 aliphatic carbocycles. The maximum Gasteiger partial charge on any atom is 0.206 e. The normalized spacial score (nSPS) is 13.6. The SMILES string of the molecule is CC1(C)c2c(n(-c3ccccc3)c3ccccc23)-c2c1c1ccccc1n2-c1ccc(S(=O)(=O)c2ccc(C#N)cc2)cc1. The number of hydrogen-bond donors (Lipinski definition) is 0. The first-order valence-corrected chi connectivity index (χ1v) is 16.0. The molecule has 0 unspecified atom stereocenters. The highest BCUT2D eigenvalue weighted by Crippen LogP contribution is 2.57. The van der Waals surface area contributed by atoms with Gasteiger partial charge in [0.05, 0.1) is 43.8 Å². The summed E-state index contributed by atoms with van der Waals surface area (Å²) in [5, 5.41) is 11.5. The van der Waals surface area contributed by atoms with Crippen molar-refractivity contribution in [2.45, 2.75) is 29.1 Å². The molecule has 8 rings (SSSR count). The Morgan fingerprint density at radius 1 is 0.568 bits per heavy atom. The van der Waals surface area contributed by atoms with Crippen molar-refractivity contribution in [2.75, 3.05) is 0 Å². The van der Waals surface area contributed by atoms with E-state index < -0.39 is 9.84 Å². The van der Waals surface area contributed by atoms with Crippen molar-refractivity contribution in [3.8, 4) is 28.8 Å². The van der Waals surface area contributed by atoms with Crippen LogP contribution in [0.3, 0.4) is 0 Å². The number of nitriles is 1. The highest BCUT2D eigenvalue weighted by atomic mass is 32.2. The van der Waals surface area contributed by atoms with Crippen molar-refractivity contribution in [3.05, 3.63) is 144 Å². The van der Waals surface area contributed by atoms with E-state index in [9.17, 15) is 8.42 Å². The predicted octanol–water partition coefficient (Wildman–Crippen LogP) is 8.59. The van der Waals surface area contributed by atoms with E-state index in [1.807, 2.05) is 24.3 Å². The van der Waals surface area contributed by atoms with Gasteiger partial charge in [0, 0.05) is 27.6 Å². The van der Waals surface area contributed by atoms with Crippen LogP contribution >= 0.6 is 0 Å². The van der Waals surface area contributed by atoms with E-state index in [1.54, 1.807) is 12.1 Å². The van der Waals surface area contributed by atoms with Crippen molar-refractivity contribution < 1.29 is 8.42 Å². The molecule has 2 aromatic heterocycles. The first-order chi connectivity index (χ1) is 21.3. The van der Waals surface area contributed by atoms with Crippen molar-refractivity contribution in [2.24, 2.45) is 0 Å². The predicted molar refractivity (Wildman–Crippen MR) is 174 cm³/mol. The van der Waals surface area contributed by atoms with Crippen molar-refractivity contribution >= 4 is 31.6 Å². The molecule has 0 fully saturated rings. The summed E-state index contributed by atoms with van der Waals surface area (Å²) < 4.78 is 31.6. The van der Waals surface area contributed by atoms with Crippen LogP contribution in [0.15, 0.2) is 137 Å². The molecular weight excluding hydrogens is 563 g/mol. The maximum atomic E-state index is 13.5. The van der Waals surface area contributed by atoms with Gasteiger partial charge in [0.1, 0.15) is 0 Å². The lowest BCUT2D eigenvalue weighted by molar-refractivity contribution is 0.596. The van der Waals surface area contributed by atoms with Crippen LogP contribution in [0.5, 0.6) is 0 Å². The van der Waals surface area contributed by atoms with E-state index in [0.717, 1.165) is 33.8 Å². The van der Waals surface area contributed by atoms with Crippen LogP contribution in [-0.4, -0.2) is 17.6 Å². The van der Waals surface area contributed by atoms with Crippen LogP contribution in [0.1, 0.15) is 30.5 Å². The van der Waals surface area contributed by atoms with Crippen LogP contribution in [0, 0.1) is 11.3 Å². The Kier molecular flexibility index (Phi) is 5.56. The van der Waals surface area contributed by atoms with Gasteiger partial charge in [-0.1, -0.05) is 68.4 Å². The minimum atomic E-state index is -3.75. The summed E-state index contributed by atoms with van der Waals surface area (Å²) in [6.07, 6.45) is 0. The summed E-state index contributed by atoms with van der Waals surface area (Å²) >= 11 is 0. The average Bonchev–Trinajstić information content (AvgIpc) is 3.66. The molecule has 0 radical (unpaired) electrons. The lowest BCUT2D eigenvalue weighted by Crippen LogP contribution is -2.14. The monoisotopic (exact) mass is 589 g/mol. The quantitative estimate of drug-likeness (QED) is 0.207. The second-order valence-corrected chi connectivity index (χ2v) is 13.7. The summed E-state index contributed by atoms with van der Waals surface area (Å²) in [4.78, 5) is 0.369. The van der Waals surface area contributed by atoms with Gasteiger partial charge in [-0.2, -0.15) is 5.26 Å². The van der Waals surface area contributed by atoms with Gasteiger partial charge >= 0.3 is 0 Å². The summed E-state index contributed by atoms with van der Waals surface area (Å²) in [6, 6.07) is 42.8. The van der Waals surface area contributed by atoms with E-state index in [0.29, 0.717) is 5.56 Å². The number of aromatic nitrogens is 2. The fourth-order valence-electron chi connectivity index (χ4n) is 7.05. The number of fused-ring (bicyclic) bond motifs is 7. The molecular formula is C38H27N3O2S. The number of nitrogens with zero attached hydrogens (tertiary/aromatic N) is 3. The molecule has 0 atom stereocenters. The molecule has 7 aromatic rings. The Hall–Kier alpha value is -5.38. The van der Waals surface area contributed by atoms with Crippen LogP contribution in [-0.2, 0) is 15.3 Å². The molecule has 0 saturated heterocycles. The number of hydrogen-bond acceptors (Lipinski definition) is 3. The van der Waals surface area contributed by atoms with Gasteiger partial charge in [-0.25, -0.2) is 8.42 Å². The Bertz CT molecular complexity index is 2410. The topological polar surface area (TPSA) is 67.8 Å². The second-order valence-electron chi connectivity index (χ2n) is 11.7. The summed E-state index contributed by atoms with van der Waals surface area (Å²) in [7, 11) is -3.75. The third kappa shape index (κ3) is 3.54. The van der Waals surface area contributed by atoms with E-state index in [2.05, 4.69) is 95.8 Å². The largest absolute Gasteiger partial charge is 0.307 e. The molecule has 0 saturated carbocycles. The number of sulfone groups is 1. The first kappa shape index (κ1) is 26.3. The van der Waals surface area contributed by atoms with Crippen molar-refractivity contribution in [3.63, 3.8) is 0 Å². The average molecular weight is 590 g/mol. The highest BCUT2D eigenvalue weighted by Gasteiger charge is 2.44. The Labute approximate surface area is 255 Å². The van der Waals surface area contributed by atoms with Gasteiger partial charge in [-0.3, -0.25) is 0 Å². The molecule has 0 bridgehead atoms. The van der Waals surface area contributed by atoms with Crippen molar-refractivity contribution in [1.82, 2.24) is 9.13 Å². The van der Waals surface area contributed by atoms with Crippen LogP contribution in [0.4, 0.5) is 0 Å². The first-order valence-electron chi connectivity index (χ1n) is 14.5. The minimum absolute atomic E-state index is 0.162. The summed E-state index contributed by atoms with van der Waals surface area (Å²) in [6.45, 7) is 4.62. The number of para-hydroxylation sites is 3. The maximum absolute atomic E-state index is 13.5. The zero-order valence-corrected chi connectivity index (χ0v) is 25.0. The Morgan fingerprint density at radius 3 is 1.50 bits per heavy atom. The molecule has 44 heavy (non-hydrogen) atoms. The summed E-state index contributed by atoms with van der Waals surface area (Å²) in [5.74, 6) is 0. The second kappa shape index (κ2) is 9.31.